The van der Waals surface area contributed by atoms with Crippen LogP contribution in [0.5, 0.6) is 11.5 Å². The molecule has 33 heavy (non-hydrogen) atoms. The largest absolute Gasteiger partial charge is 0.491 e. The van der Waals surface area contributed by atoms with Crippen molar-refractivity contribution in [3.63, 3.8) is 0 Å². The molecule has 1 aliphatic carbocycles. The van der Waals surface area contributed by atoms with Crippen LogP contribution in [0.15, 0.2) is 30.3 Å². The average Bonchev–Trinajstić information content (AvgIpc) is 3.35. The van der Waals surface area contributed by atoms with Gasteiger partial charge in [-0.2, -0.15) is 0 Å². The summed E-state index contributed by atoms with van der Waals surface area (Å²) in [5, 5.41) is 7.31. The van der Waals surface area contributed by atoms with E-state index in [0.717, 1.165) is 58.9 Å². The van der Waals surface area contributed by atoms with Gasteiger partial charge in [0.1, 0.15) is 27.8 Å². The van der Waals surface area contributed by atoms with Crippen molar-refractivity contribution >= 4 is 33.1 Å². The van der Waals surface area contributed by atoms with Crippen molar-refractivity contribution in [3.05, 3.63) is 46.5 Å². The molecule has 3 aliphatic rings. The zero-order chi connectivity index (χ0) is 22.6. The van der Waals surface area contributed by atoms with E-state index in [-0.39, 0.29) is 18.1 Å². The Hall–Kier alpha value is -2.84. The van der Waals surface area contributed by atoms with E-state index in [1.807, 2.05) is 31.2 Å². The lowest BCUT2D eigenvalue weighted by atomic mass is 9.80. The summed E-state index contributed by atoms with van der Waals surface area (Å²) in [6.45, 7) is 4.59. The molecule has 1 saturated heterocycles. The number of aryl methyl sites for hydroxylation is 1. The molecule has 1 aromatic carbocycles. The molecule has 0 radical (unpaired) electrons. The van der Waals surface area contributed by atoms with Crippen LogP contribution in [-0.4, -0.2) is 42.7 Å². The number of thiophene rings is 1. The van der Waals surface area contributed by atoms with E-state index < -0.39 is 0 Å². The molecular weight excluding hydrogens is 436 g/mol. The topological polar surface area (TPSA) is 98.5 Å². The van der Waals surface area contributed by atoms with Gasteiger partial charge in [0.25, 0.3) is 5.91 Å². The van der Waals surface area contributed by atoms with Crippen LogP contribution in [-0.2, 0) is 6.42 Å². The number of rotatable bonds is 4. The van der Waals surface area contributed by atoms with Gasteiger partial charge in [-0.1, -0.05) is 6.07 Å². The molecule has 172 valence electrons. The number of nitrogens with one attached hydrogen (secondary N) is 2. The van der Waals surface area contributed by atoms with Crippen LogP contribution < -0.4 is 25.8 Å². The number of aromatic nitrogens is 1. The smallest absolute Gasteiger partial charge is 0.263 e. The van der Waals surface area contributed by atoms with Crippen molar-refractivity contribution in [1.29, 1.82) is 0 Å². The van der Waals surface area contributed by atoms with E-state index in [2.05, 4.69) is 21.7 Å². The number of hydrogen-bond acceptors (Lipinski definition) is 7. The SMILES string of the molecule is Cc1ccc2c(N)c(C(=O)NC3COc4cc(OC5CCC6(CNC6)C5)ccc4C3)sc2n1. The van der Waals surface area contributed by atoms with Crippen molar-refractivity contribution in [2.24, 2.45) is 5.41 Å². The third kappa shape index (κ3) is 3.81. The molecule has 0 bridgehead atoms. The number of carbonyl (C=O) groups excluding carboxylic acids is 1. The highest BCUT2D eigenvalue weighted by Crippen LogP contribution is 2.43. The molecule has 2 fully saturated rings. The van der Waals surface area contributed by atoms with Gasteiger partial charge in [-0.15, -0.1) is 11.3 Å². The number of anilines is 1. The molecule has 1 saturated carbocycles. The minimum atomic E-state index is -0.175. The Morgan fingerprint density at radius 3 is 3.00 bits per heavy atom. The first kappa shape index (κ1) is 20.7. The van der Waals surface area contributed by atoms with Crippen LogP contribution in [0.1, 0.15) is 40.2 Å². The molecule has 2 aliphatic heterocycles. The Balaban J connectivity index is 1.11. The third-order valence-corrected chi connectivity index (χ3v) is 8.29. The fourth-order valence-electron chi connectivity index (χ4n) is 5.27. The Labute approximate surface area is 196 Å². The van der Waals surface area contributed by atoms with Crippen LogP contribution in [0.25, 0.3) is 10.2 Å². The van der Waals surface area contributed by atoms with Gasteiger partial charge >= 0.3 is 0 Å². The number of fused-ring (bicyclic) bond motifs is 2. The zero-order valence-electron chi connectivity index (χ0n) is 18.6. The van der Waals surface area contributed by atoms with Crippen LogP contribution in [0.2, 0.25) is 0 Å². The van der Waals surface area contributed by atoms with Crippen molar-refractivity contribution in [3.8, 4) is 11.5 Å². The van der Waals surface area contributed by atoms with Crippen LogP contribution in [0.3, 0.4) is 0 Å². The lowest BCUT2D eigenvalue weighted by molar-refractivity contribution is 0.0919. The Kier molecular flexibility index (Phi) is 4.96. The maximum absolute atomic E-state index is 12.9. The maximum atomic E-state index is 12.9. The number of amides is 1. The number of nitrogens with two attached hydrogens (primary N) is 1. The highest BCUT2D eigenvalue weighted by molar-refractivity contribution is 7.21. The van der Waals surface area contributed by atoms with E-state index in [1.165, 1.54) is 17.8 Å². The molecule has 2 unspecified atom stereocenters. The summed E-state index contributed by atoms with van der Waals surface area (Å²) >= 11 is 1.33. The standard InChI is InChI=1S/C25H28N4O3S/c1-14-2-5-19-21(26)22(33-24(19)28-14)23(30)29-16-8-15-3-4-17(9-20(15)31-11-16)32-18-6-7-25(10-18)12-27-13-25/h2-5,9,16,18,27H,6-8,10-13,26H2,1H3,(H,29,30). The van der Waals surface area contributed by atoms with Gasteiger partial charge in [-0.3, -0.25) is 4.79 Å². The second-order valence-corrected chi connectivity index (χ2v) is 10.7. The number of pyridine rings is 1. The number of ether oxygens (including phenoxy) is 2. The van der Waals surface area contributed by atoms with Crippen molar-refractivity contribution in [1.82, 2.24) is 15.6 Å². The first-order chi connectivity index (χ1) is 16.0. The third-order valence-electron chi connectivity index (χ3n) is 7.18. The number of nitrogen functional groups attached to an aromatic ring is 1. The summed E-state index contributed by atoms with van der Waals surface area (Å²) < 4.78 is 12.3. The maximum Gasteiger partial charge on any atom is 0.263 e. The van der Waals surface area contributed by atoms with Crippen molar-refractivity contribution in [2.45, 2.75) is 44.8 Å². The predicted molar refractivity (Wildman–Crippen MR) is 129 cm³/mol. The highest BCUT2D eigenvalue weighted by Gasteiger charge is 2.44. The van der Waals surface area contributed by atoms with Crippen LogP contribution in [0.4, 0.5) is 5.69 Å². The summed E-state index contributed by atoms with van der Waals surface area (Å²) in [6, 6.07) is 9.79. The van der Waals surface area contributed by atoms with E-state index in [1.54, 1.807) is 0 Å². The molecule has 7 nitrogen and oxygen atoms in total. The summed E-state index contributed by atoms with van der Waals surface area (Å²) in [7, 11) is 0. The molecule has 2 aromatic heterocycles. The molecule has 3 aromatic rings. The van der Waals surface area contributed by atoms with E-state index >= 15 is 0 Å². The Bertz CT molecular complexity index is 1240. The van der Waals surface area contributed by atoms with Gasteiger partial charge in [0.15, 0.2) is 0 Å². The van der Waals surface area contributed by atoms with Gasteiger partial charge in [0.05, 0.1) is 17.8 Å². The summed E-state index contributed by atoms with van der Waals surface area (Å²) in [5.74, 6) is 1.54. The first-order valence-electron chi connectivity index (χ1n) is 11.6. The molecule has 1 spiro atoms. The molecule has 4 heterocycles. The number of carbonyl (C=O) groups is 1. The van der Waals surface area contributed by atoms with Crippen molar-refractivity contribution < 1.29 is 14.3 Å². The molecule has 1 amide bonds. The lowest BCUT2D eigenvalue weighted by Gasteiger charge is -2.39. The minimum Gasteiger partial charge on any atom is -0.491 e. The van der Waals surface area contributed by atoms with Crippen molar-refractivity contribution in [2.75, 3.05) is 25.4 Å². The van der Waals surface area contributed by atoms with E-state index in [9.17, 15) is 4.79 Å². The lowest BCUT2D eigenvalue weighted by Crippen LogP contribution is -2.52. The molecule has 4 N–H and O–H groups in total. The molecule has 6 rings (SSSR count). The van der Waals surface area contributed by atoms with Gasteiger partial charge < -0.3 is 25.8 Å². The summed E-state index contributed by atoms with van der Waals surface area (Å²) in [4.78, 5) is 18.7. The monoisotopic (exact) mass is 464 g/mol. The summed E-state index contributed by atoms with van der Waals surface area (Å²) in [6.07, 6.45) is 4.48. The number of benzene rings is 1. The normalized spacial score (nSPS) is 23.1. The fraction of sp³-hybridized carbons (Fsp3) is 0.440. The highest BCUT2D eigenvalue weighted by atomic mass is 32.1. The van der Waals surface area contributed by atoms with Gasteiger partial charge in [-0.05, 0) is 61.8 Å². The zero-order valence-corrected chi connectivity index (χ0v) is 19.5. The quantitative estimate of drug-likeness (QED) is 0.547. The average molecular weight is 465 g/mol. The molecule has 8 heteroatoms. The second kappa shape index (κ2) is 7.88. The predicted octanol–water partition coefficient (Wildman–Crippen LogP) is 3.44. The first-order valence-corrected chi connectivity index (χ1v) is 12.4. The van der Waals surface area contributed by atoms with E-state index in [4.69, 9.17) is 15.2 Å². The number of nitrogens with zero attached hydrogens (tertiary/aromatic N) is 1. The Morgan fingerprint density at radius 1 is 1.33 bits per heavy atom. The summed E-state index contributed by atoms with van der Waals surface area (Å²) in [5.41, 5.74) is 9.18. The fourth-order valence-corrected chi connectivity index (χ4v) is 6.32. The Morgan fingerprint density at radius 2 is 2.21 bits per heavy atom. The van der Waals surface area contributed by atoms with Crippen LogP contribution in [0, 0.1) is 12.3 Å². The van der Waals surface area contributed by atoms with E-state index in [0.29, 0.717) is 29.0 Å². The van der Waals surface area contributed by atoms with Gasteiger partial charge in [0.2, 0.25) is 0 Å². The number of hydrogen-bond donors (Lipinski definition) is 3. The van der Waals surface area contributed by atoms with Crippen LogP contribution >= 0.6 is 11.3 Å². The van der Waals surface area contributed by atoms with Gasteiger partial charge in [-0.25, -0.2) is 4.98 Å². The molecular formula is C25H28N4O3S. The molecule has 2 atom stereocenters. The van der Waals surface area contributed by atoms with Gasteiger partial charge in [0, 0.05) is 30.2 Å². The second-order valence-electron chi connectivity index (χ2n) is 9.69. The minimum absolute atomic E-state index is 0.114.